The van der Waals surface area contributed by atoms with Gasteiger partial charge < -0.3 is 9.72 Å². The zero-order valence-electron chi connectivity index (χ0n) is 9.43. The molecule has 0 fully saturated rings. The van der Waals surface area contributed by atoms with E-state index in [9.17, 15) is 4.79 Å². The average molecular weight is 230 g/mol. The van der Waals surface area contributed by atoms with Crippen molar-refractivity contribution in [3.8, 4) is 0 Å². The summed E-state index contributed by atoms with van der Waals surface area (Å²) in [6.07, 6.45) is 5.05. The fraction of sp³-hybridized carbons (Fsp3) is 0.231. The molecule has 0 amide bonds. The van der Waals surface area contributed by atoms with Gasteiger partial charge in [-0.25, -0.2) is 9.78 Å². The van der Waals surface area contributed by atoms with Crippen molar-refractivity contribution in [1.82, 2.24) is 9.97 Å². The van der Waals surface area contributed by atoms with Gasteiger partial charge in [0.15, 0.2) is 0 Å². The van der Waals surface area contributed by atoms with Crippen molar-refractivity contribution in [3.63, 3.8) is 0 Å². The predicted octanol–water partition coefficient (Wildman–Crippen LogP) is 2.20. The number of imidazole rings is 1. The van der Waals surface area contributed by atoms with Crippen LogP contribution in [-0.4, -0.2) is 22.5 Å². The molecule has 0 saturated heterocycles. The summed E-state index contributed by atoms with van der Waals surface area (Å²) in [6.45, 7) is 0.423. The highest BCUT2D eigenvalue weighted by atomic mass is 16.5. The monoisotopic (exact) mass is 230 g/mol. The third kappa shape index (κ3) is 3.45. The van der Waals surface area contributed by atoms with Gasteiger partial charge in [0.25, 0.3) is 0 Å². The zero-order chi connectivity index (χ0) is 11.9. The Balaban J connectivity index is 1.70. The first kappa shape index (κ1) is 11.4. The van der Waals surface area contributed by atoms with E-state index >= 15 is 0 Å². The van der Waals surface area contributed by atoms with Crippen LogP contribution in [0.3, 0.4) is 0 Å². The first-order chi connectivity index (χ1) is 8.36. The maximum Gasteiger partial charge on any atom is 0.338 e. The topological polar surface area (TPSA) is 55.0 Å². The molecule has 4 nitrogen and oxygen atoms in total. The number of aromatic nitrogens is 2. The Bertz CT molecular complexity index is 452. The lowest BCUT2D eigenvalue weighted by molar-refractivity contribution is 0.0500. The van der Waals surface area contributed by atoms with Crippen LogP contribution in [0.4, 0.5) is 0 Å². The number of nitrogens with zero attached hydrogens (tertiary/aromatic N) is 1. The van der Waals surface area contributed by atoms with Gasteiger partial charge in [0, 0.05) is 11.9 Å². The van der Waals surface area contributed by atoms with E-state index in [4.69, 9.17) is 4.74 Å². The van der Waals surface area contributed by atoms with Gasteiger partial charge >= 0.3 is 5.97 Å². The summed E-state index contributed by atoms with van der Waals surface area (Å²) in [4.78, 5) is 18.5. The van der Waals surface area contributed by atoms with Crippen LogP contribution in [-0.2, 0) is 11.2 Å². The molecule has 0 radical (unpaired) electrons. The second-order valence-corrected chi connectivity index (χ2v) is 3.68. The average Bonchev–Trinajstić information content (AvgIpc) is 2.88. The molecular weight excluding hydrogens is 216 g/mol. The Hall–Kier alpha value is -2.10. The molecule has 2 aromatic rings. The first-order valence-electron chi connectivity index (χ1n) is 5.55. The standard InChI is InChI=1S/C13H14N2O2/c16-13(11-5-2-1-3-6-11)17-8-4-7-12-9-14-10-15-12/h1-3,5-6,9-10H,4,7-8H2,(H,14,15). The van der Waals surface area contributed by atoms with Crippen molar-refractivity contribution in [1.29, 1.82) is 0 Å². The molecule has 0 unspecified atom stereocenters. The molecule has 1 aromatic heterocycles. The van der Waals surface area contributed by atoms with E-state index in [1.165, 1.54) is 0 Å². The molecule has 1 heterocycles. The molecular formula is C13H14N2O2. The van der Waals surface area contributed by atoms with Gasteiger partial charge in [0.2, 0.25) is 0 Å². The molecule has 1 aromatic carbocycles. The number of nitrogens with one attached hydrogen (secondary N) is 1. The van der Waals surface area contributed by atoms with E-state index in [1.807, 2.05) is 18.2 Å². The zero-order valence-corrected chi connectivity index (χ0v) is 9.43. The van der Waals surface area contributed by atoms with Crippen molar-refractivity contribution in [2.45, 2.75) is 12.8 Å². The summed E-state index contributed by atoms with van der Waals surface area (Å²) in [7, 11) is 0. The minimum atomic E-state index is -0.268. The highest BCUT2D eigenvalue weighted by Gasteiger charge is 2.05. The van der Waals surface area contributed by atoms with Crippen LogP contribution in [0.15, 0.2) is 42.9 Å². The molecule has 0 aliphatic heterocycles. The largest absolute Gasteiger partial charge is 0.462 e. The lowest BCUT2D eigenvalue weighted by Gasteiger charge is -2.03. The smallest absolute Gasteiger partial charge is 0.338 e. The predicted molar refractivity (Wildman–Crippen MR) is 63.6 cm³/mol. The molecule has 0 aliphatic carbocycles. The number of aryl methyl sites for hydroxylation is 1. The highest BCUT2D eigenvalue weighted by molar-refractivity contribution is 5.89. The molecule has 0 aliphatic rings. The number of aromatic amines is 1. The second kappa shape index (κ2) is 5.84. The third-order valence-electron chi connectivity index (χ3n) is 2.39. The Labute approximate surface area is 99.7 Å². The van der Waals surface area contributed by atoms with Gasteiger partial charge in [-0.15, -0.1) is 0 Å². The molecule has 0 spiro atoms. The van der Waals surface area contributed by atoms with E-state index in [0.717, 1.165) is 18.5 Å². The summed E-state index contributed by atoms with van der Waals surface area (Å²) in [5.74, 6) is -0.268. The van der Waals surface area contributed by atoms with Crippen LogP contribution >= 0.6 is 0 Å². The fourth-order valence-electron chi connectivity index (χ4n) is 1.51. The Morgan fingerprint density at radius 2 is 2.12 bits per heavy atom. The van der Waals surface area contributed by atoms with Crippen LogP contribution in [0.5, 0.6) is 0 Å². The van der Waals surface area contributed by atoms with Crippen LogP contribution in [0, 0.1) is 0 Å². The number of rotatable bonds is 5. The summed E-state index contributed by atoms with van der Waals surface area (Å²) < 4.78 is 5.15. The third-order valence-corrected chi connectivity index (χ3v) is 2.39. The lowest BCUT2D eigenvalue weighted by atomic mass is 10.2. The van der Waals surface area contributed by atoms with E-state index in [-0.39, 0.29) is 5.97 Å². The fourth-order valence-corrected chi connectivity index (χ4v) is 1.51. The van der Waals surface area contributed by atoms with Gasteiger partial charge in [-0.3, -0.25) is 0 Å². The quantitative estimate of drug-likeness (QED) is 0.632. The van der Waals surface area contributed by atoms with Crippen LogP contribution in [0.25, 0.3) is 0 Å². The van der Waals surface area contributed by atoms with Crippen LogP contribution < -0.4 is 0 Å². The van der Waals surface area contributed by atoms with Gasteiger partial charge in [-0.05, 0) is 25.0 Å². The molecule has 4 heteroatoms. The highest BCUT2D eigenvalue weighted by Crippen LogP contribution is 2.03. The van der Waals surface area contributed by atoms with E-state index < -0.39 is 0 Å². The van der Waals surface area contributed by atoms with E-state index in [1.54, 1.807) is 24.7 Å². The SMILES string of the molecule is O=C(OCCCc1cnc[nH]1)c1ccccc1. The molecule has 1 N–H and O–H groups in total. The van der Waals surface area contributed by atoms with Crippen molar-refractivity contribution in [2.24, 2.45) is 0 Å². The van der Waals surface area contributed by atoms with Gasteiger partial charge in [0.1, 0.15) is 0 Å². The number of hydrogen-bond acceptors (Lipinski definition) is 3. The summed E-state index contributed by atoms with van der Waals surface area (Å²) in [5.41, 5.74) is 1.65. The molecule has 2 rings (SSSR count). The van der Waals surface area contributed by atoms with Gasteiger partial charge in [0.05, 0.1) is 18.5 Å². The minimum absolute atomic E-state index is 0.268. The summed E-state index contributed by atoms with van der Waals surface area (Å²) in [6, 6.07) is 9.01. The van der Waals surface area contributed by atoms with Crippen LogP contribution in [0.1, 0.15) is 22.5 Å². The van der Waals surface area contributed by atoms with Crippen molar-refractivity contribution in [3.05, 3.63) is 54.1 Å². The minimum Gasteiger partial charge on any atom is -0.462 e. The number of benzene rings is 1. The van der Waals surface area contributed by atoms with E-state index in [0.29, 0.717) is 12.2 Å². The number of ether oxygens (including phenoxy) is 1. The second-order valence-electron chi connectivity index (χ2n) is 3.68. The Morgan fingerprint density at radius 1 is 1.29 bits per heavy atom. The molecule has 0 saturated carbocycles. The van der Waals surface area contributed by atoms with Crippen molar-refractivity contribution < 1.29 is 9.53 Å². The van der Waals surface area contributed by atoms with E-state index in [2.05, 4.69) is 9.97 Å². The molecule has 17 heavy (non-hydrogen) atoms. The van der Waals surface area contributed by atoms with Gasteiger partial charge in [-0.2, -0.15) is 0 Å². The molecule has 0 bridgehead atoms. The van der Waals surface area contributed by atoms with Crippen LogP contribution in [0.2, 0.25) is 0 Å². The summed E-state index contributed by atoms with van der Waals surface area (Å²) in [5, 5.41) is 0. The lowest BCUT2D eigenvalue weighted by Crippen LogP contribution is -2.06. The van der Waals surface area contributed by atoms with Crippen molar-refractivity contribution in [2.75, 3.05) is 6.61 Å². The Morgan fingerprint density at radius 3 is 2.82 bits per heavy atom. The number of carbonyl (C=O) groups is 1. The first-order valence-corrected chi connectivity index (χ1v) is 5.55. The van der Waals surface area contributed by atoms with Gasteiger partial charge in [-0.1, -0.05) is 18.2 Å². The Kier molecular flexibility index (Phi) is 3.91. The van der Waals surface area contributed by atoms with Crippen molar-refractivity contribution >= 4 is 5.97 Å². The maximum atomic E-state index is 11.6. The summed E-state index contributed by atoms with van der Waals surface area (Å²) >= 11 is 0. The number of esters is 1. The molecule has 0 atom stereocenters. The maximum absolute atomic E-state index is 11.6. The number of H-pyrrole nitrogens is 1. The normalized spacial score (nSPS) is 10.1. The number of hydrogen-bond donors (Lipinski definition) is 1. The number of carbonyl (C=O) groups excluding carboxylic acids is 1. The molecule has 88 valence electrons.